The molecule has 1 aromatic rings. The zero-order valence-electron chi connectivity index (χ0n) is 13.2. The molecule has 0 saturated carbocycles. The van der Waals surface area contributed by atoms with E-state index in [0.717, 1.165) is 18.4 Å². The third-order valence-corrected chi connectivity index (χ3v) is 4.26. The van der Waals surface area contributed by atoms with Gasteiger partial charge in [0.05, 0.1) is 12.5 Å². The molecule has 22 heavy (non-hydrogen) atoms. The monoisotopic (exact) mass is 304 g/mol. The Labute approximate surface area is 131 Å². The quantitative estimate of drug-likeness (QED) is 0.900. The molecule has 0 bridgehead atoms. The van der Waals surface area contributed by atoms with Gasteiger partial charge in [0.25, 0.3) is 5.91 Å². The number of likely N-dealkylation sites (tertiary alicyclic amines) is 1. The number of carbonyl (C=O) groups excluding carboxylic acids is 2. The Morgan fingerprint density at radius 2 is 2.00 bits per heavy atom. The standard InChI is InChI=1S/C17H24N2O3/c1-12-8-9-15(16(18)20)10-19(12)17(21)13(2)22-11-14-6-4-3-5-7-14/h3-7,12-13,15H,8-11H2,1-2H3,(H2,18,20)/t12-,13+,15+/m1/s1. The van der Waals surface area contributed by atoms with Gasteiger partial charge in [-0.2, -0.15) is 0 Å². The highest BCUT2D eigenvalue weighted by molar-refractivity contribution is 5.83. The van der Waals surface area contributed by atoms with Crippen molar-refractivity contribution in [1.29, 1.82) is 0 Å². The lowest BCUT2D eigenvalue weighted by Crippen LogP contribution is -2.51. The third-order valence-electron chi connectivity index (χ3n) is 4.26. The molecule has 1 aliphatic rings. The van der Waals surface area contributed by atoms with Crippen molar-refractivity contribution in [3.05, 3.63) is 35.9 Å². The molecule has 0 aliphatic carbocycles. The van der Waals surface area contributed by atoms with Crippen molar-refractivity contribution in [3.63, 3.8) is 0 Å². The highest BCUT2D eigenvalue weighted by Gasteiger charge is 2.33. The molecule has 5 heteroatoms. The van der Waals surface area contributed by atoms with Crippen LogP contribution in [0.5, 0.6) is 0 Å². The SMILES string of the molecule is C[C@H](OCc1ccccc1)C(=O)N1C[C@@H](C(N)=O)CC[C@H]1C. The summed E-state index contributed by atoms with van der Waals surface area (Å²) >= 11 is 0. The molecular weight excluding hydrogens is 280 g/mol. The Morgan fingerprint density at radius 1 is 1.32 bits per heavy atom. The van der Waals surface area contributed by atoms with Crippen molar-refractivity contribution in [2.24, 2.45) is 11.7 Å². The number of rotatable bonds is 5. The van der Waals surface area contributed by atoms with Crippen LogP contribution < -0.4 is 5.73 Å². The smallest absolute Gasteiger partial charge is 0.251 e. The molecule has 0 spiro atoms. The van der Waals surface area contributed by atoms with E-state index in [4.69, 9.17) is 10.5 Å². The van der Waals surface area contributed by atoms with Crippen LogP contribution in [0.25, 0.3) is 0 Å². The minimum atomic E-state index is -0.533. The number of benzene rings is 1. The van der Waals surface area contributed by atoms with E-state index in [-0.39, 0.29) is 23.8 Å². The lowest BCUT2D eigenvalue weighted by atomic mass is 9.92. The molecule has 2 N–H and O–H groups in total. The van der Waals surface area contributed by atoms with E-state index in [1.165, 1.54) is 0 Å². The minimum Gasteiger partial charge on any atom is -0.369 e. The van der Waals surface area contributed by atoms with E-state index in [1.54, 1.807) is 11.8 Å². The van der Waals surface area contributed by atoms with Gasteiger partial charge in [0, 0.05) is 12.6 Å². The van der Waals surface area contributed by atoms with Crippen molar-refractivity contribution in [2.45, 2.75) is 45.4 Å². The molecule has 1 fully saturated rings. The number of primary amides is 1. The van der Waals surface area contributed by atoms with Crippen LogP contribution in [0.2, 0.25) is 0 Å². The molecule has 2 rings (SSSR count). The average molecular weight is 304 g/mol. The highest BCUT2D eigenvalue weighted by Crippen LogP contribution is 2.23. The topological polar surface area (TPSA) is 72.6 Å². The third kappa shape index (κ3) is 4.07. The largest absolute Gasteiger partial charge is 0.369 e. The van der Waals surface area contributed by atoms with Crippen LogP contribution in [-0.2, 0) is 20.9 Å². The fourth-order valence-corrected chi connectivity index (χ4v) is 2.75. The van der Waals surface area contributed by atoms with Crippen LogP contribution in [0, 0.1) is 5.92 Å². The predicted octanol–water partition coefficient (Wildman–Crippen LogP) is 1.70. The first-order valence-corrected chi connectivity index (χ1v) is 7.74. The summed E-state index contributed by atoms with van der Waals surface area (Å²) in [7, 11) is 0. The van der Waals surface area contributed by atoms with Crippen LogP contribution >= 0.6 is 0 Å². The Hall–Kier alpha value is -1.88. The molecule has 0 aromatic heterocycles. The summed E-state index contributed by atoms with van der Waals surface area (Å²) in [6.07, 6.45) is 1.01. The highest BCUT2D eigenvalue weighted by atomic mass is 16.5. The van der Waals surface area contributed by atoms with E-state index in [9.17, 15) is 9.59 Å². The first kappa shape index (κ1) is 16.5. The maximum Gasteiger partial charge on any atom is 0.251 e. The zero-order valence-corrected chi connectivity index (χ0v) is 13.2. The molecule has 120 valence electrons. The van der Waals surface area contributed by atoms with Gasteiger partial charge in [0.1, 0.15) is 6.10 Å². The van der Waals surface area contributed by atoms with Crippen LogP contribution in [-0.4, -0.2) is 35.4 Å². The second kappa shape index (κ2) is 7.40. The first-order valence-electron chi connectivity index (χ1n) is 7.74. The van der Waals surface area contributed by atoms with Gasteiger partial charge in [-0.15, -0.1) is 0 Å². The Morgan fingerprint density at radius 3 is 2.64 bits per heavy atom. The summed E-state index contributed by atoms with van der Waals surface area (Å²) in [6, 6.07) is 9.86. The number of ether oxygens (including phenoxy) is 1. The van der Waals surface area contributed by atoms with E-state index in [2.05, 4.69) is 0 Å². The van der Waals surface area contributed by atoms with Crippen LogP contribution in [0.4, 0.5) is 0 Å². The van der Waals surface area contributed by atoms with E-state index >= 15 is 0 Å². The van der Waals surface area contributed by atoms with Gasteiger partial charge >= 0.3 is 0 Å². The minimum absolute atomic E-state index is 0.0746. The van der Waals surface area contributed by atoms with Gasteiger partial charge < -0.3 is 15.4 Å². The molecular formula is C17H24N2O3. The molecule has 0 radical (unpaired) electrons. The Balaban J connectivity index is 1.92. The molecule has 1 saturated heterocycles. The molecule has 3 atom stereocenters. The molecule has 1 heterocycles. The molecule has 2 amide bonds. The lowest BCUT2D eigenvalue weighted by Gasteiger charge is -2.38. The van der Waals surface area contributed by atoms with E-state index in [0.29, 0.717) is 13.2 Å². The summed E-state index contributed by atoms with van der Waals surface area (Å²) in [5.74, 6) is -0.654. The number of hydrogen-bond donors (Lipinski definition) is 1. The summed E-state index contributed by atoms with van der Waals surface area (Å²) in [4.78, 5) is 25.6. The predicted molar refractivity (Wildman–Crippen MR) is 83.8 cm³/mol. The van der Waals surface area contributed by atoms with Crippen LogP contribution in [0.1, 0.15) is 32.3 Å². The summed E-state index contributed by atoms with van der Waals surface area (Å²) in [5, 5.41) is 0. The van der Waals surface area contributed by atoms with Crippen molar-refractivity contribution in [2.75, 3.05) is 6.54 Å². The maximum absolute atomic E-state index is 12.5. The molecule has 0 unspecified atom stereocenters. The average Bonchev–Trinajstić information content (AvgIpc) is 2.53. The van der Waals surface area contributed by atoms with Crippen molar-refractivity contribution in [1.82, 2.24) is 4.90 Å². The van der Waals surface area contributed by atoms with Crippen LogP contribution in [0.3, 0.4) is 0 Å². The fraction of sp³-hybridized carbons (Fsp3) is 0.529. The molecule has 1 aromatic carbocycles. The normalized spacial score (nSPS) is 23.1. The van der Waals surface area contributed by atoms with Crippen molar-refractivity contribution < 1.29 is 14.3 Å². The summed E-state index contributed by atoms with van der Waals surface area (Å²) in [5.41, 5.74) is 6.41. The van der Waals surface area contributed by atoms with E-state index < -0.39 is 6.10 Å². The van der Waals surface area contributed by atoms with Crippen molar-refractivity contribution >= 4 is 11.8 Å². The lowest BCUT2D eigenvalue weighted by molar-refractivity contribution is -0.148. The van der Waals surface area contributed by atoms with Crippen LogP contribution in [0.15, 0.2) is 30.3 Å². The second-order valence-corrected chi connectivity index (χ2v) is 5.96. The fourth-order valence-electron chi connectivity index (χ4n) is 2.75. The molecule has 5 nitrogen and oxygen atoms in total. The number of carbonyl (C=O) groups is 2. The number of piperidine rings is 1. The summed E-state index contributed by atoms with van der Waals surface area (Å²) in [6.45, 7) is 4.55. The Kier molecular flexibility index (Phi) is 5.55. The number of nitrogens with zero attached hydrogens (tertiary/aromatic N) is 1. The summed E-state index contributed by atoms with van der Waals surface area (Å²) < 4.78 is 5.68. The Bertz CT molecular complexity index is 518. The number of hydrogen-bond acceptors (Lipinski definition) is 3. The van der Waals surface area contributed by atoms with Gasteiger partial charge in [-0.25, -0.2) is 0 Å². The molecule has 1 aliphatic heterocycles. The second-order valence-electron chi connectivity index (χ2n) is 5.96. The van der Waals surface area contributed by atoms with E-state index in [1.807, 2.05) is 37.3 Å². The van der Waals surface area contributed by atoms with Gasteiger partial charge in [-0.3, -0.25) is 9.59 Å². The first-order chi connectivity index (χ1) is 10.5. The number of amides is 2. The van der Waals surface area contributed by atoms with Gasteiger partial charge in [0.15, 0.2) is 0 Å². The zero-order chi connectivity index (χ0) is 16.1. The van der Waals surface area contributed by atoms with Gasteiger partial charge in [-0.05, 0) is 32.3 Å². The van der Waals surface area contributed by atoms with Crippen molar-refractivity contribution in [3.8, 4) is 0 Å². The maximum atomic E-state index is 12.5. The van der Waals surface area contributed by atoms with Gasteiger partial charge in [-0.1, -0.05) is 30.3 Å². The van der Waals surface area contributed by atoms with Gasteiger partial charge in [0.2, 0.25) is 5.91 Å². The number of nitrogens with two attached hydrogens (primary N) is 1.